The average Bonchev–Trinajstić information content (AvgIpc) is 2.50. The average molecular weight is 365 g/mol. The minimum Gasteiger partial charge on any atom is -0.325 e. The first-order valence-corrected chi connectivity index (χ1v) is 12.1. The Bertz CT molecular complexity index is 455. The lowest BCUT2D eigenvalue weighted by Gasteiger charge is -2.36. The largest absolute Gasteiger partial charge is 0.325 e. The van der Waals surface area contributed by atoms with Gasteiger partial charge in [-0.3, -0.25) is 0 Å². The summed E-state index contributed by atoms with van der Waals surface area (Å²) in [4.78, 5) is 1.27. The molecule has 0 saturated heterocycles. The van der Waals surface area contributed by atoms with E-state index in [0.29, 0.717) is 0 Å². The fraction of sp³-hybridized carbons (Fsp3) is 0.462. The van der Waals surface area contributed by atoms with Crippen molar-refractivity contribution in [2.75, 3.05) is 25.7 Å². The van der Waals surface area contributed by atoms with E-state index in [1.807, 2.05) is 40.9 Å². The van der Waals surface area contributed by atoms with Crippen molar-refractivity contribution in [2.24, 2.45) is 0 Å². The van der Waals surface area contributed by atoms with Crippen LogP contribution in [0.2, 0.25) is 0 Å². The van der Waals surface area contributed by atoms with Gasteiger partial charge in [0.1, 0.15) is 0 Å². The predicted molar refractivity (Wildman–Crippen MR) is 103 cm³/mol. The number of hydrogen-bond donors (Lipinski definition) is 0. The summed E-state index contributed by atoms with van der Waals surface area (Å²) < 4.78 is 4.33. The van der Waals surface area contributed by atoms with Gasteiger partial charge in [0.05, 0.1) is 11.4 Å². The maximum absolute atomic E-state index is 5.94. The highest BCUT2D eigenvalue weighted by molar-refractivity contribution is 8.69. The zero-order chi connectivity index (χ0) is 15.0. The summed E-state index contributed by atoms with van der Waals surface area (Å²) in [6, 6.07) is 10.4. The Morgan fingerprint density at radius 3 is 2.45 bits per heavy atom. The maximum atomic E-state index is 5.94. The molecule has 0 aromatic heterocycles. The minimum atomic E-state index is -1.82. The molecule has 0 radical (unpaired) electrons. The van der Waals surface area contributed by atoms with E-state index in [-0.39, 0.29) is 0 Å². The van der Waals surface area contributed by atoms with E-state index in [9.17, 15) is 0 Å². The highest BCUT2D eigenvalue weighted by Gasteiger charge is 2.26. The second-order valence-electron chi connectivity index (χ2n) is 4.25. The molecule has 0 aliphatic heterocycles. The van der Waals surface area contributed by atoms with Crippen molar-refractivity contribution in [1.29, 1.82) is 0 Å². The first kappa shape index (κ1) is 18.5. The number of hydrogen-bond acceptors (Lipinski definition) is 4. The summed E-state index contributed by atoms with van der Waals surface area (Å²) in [5.74, 6) is 1.96. The van der Waals surface area contributed by atoms with Crippen molar-refractivity contribution in [3.63, 3.8) is 0 Å². The Morgan fingerprint density at radius 2 is 1.90 bits per heavy atom. The fourth-order valence-electron chi connectivity index (χ4n) is 1.46. The quantitative estimate of drug-likeness (QED) is 0.263. The van der Waals surface area contributed by atoms with Gasteiger partial charge in [-0.2, -0.15) is 0 Å². The van der Waals surface area contributed by atoms with Crippen molar-refractivity contribution in [3.05, 3.63) is 30.3 Å². The Labute approximate surface area is 141 Å². The number of thiocarbonyl (C=S) groups is 1. The molecule has 1 aromatic carbocycles. The van der Waals surface area contributed by atoms with E-state index in [2.05, 4.69) is 42.9 Å². The van der Waals surface area contributed by atoms with Gasteiger partial charge >= 0.3 is 0 Å². The molecule has 0 aliphatic rings. The molecule has 0 heterocycles. The molecular weight excluding hydrogens is 343 g/mol. The number of benzene rings is 1. The number of rotatable bonds is 9. The van der Waals surface area contributed by atoms with Crippen LogP contribution in [-0.2, 0) is 11.8 Å². The molecule has 1 rings (SSSR count). The van der Waals surface area contributed by atoms with E-state index in [1.165, 1.54) is 4.90 Å². The predicted octanol–water partition coefficient (Wildman–Crippen LogP) is 4.92. The van der Waals surface area contributed by atoms with Gasteiger partial charge in [-0.15, -0.1) is 11.8 Å². The molecular formula is C13H21N2PS4. The SMILES string of the molecule is CCCSP(=S)(N(C)C=S)N(C)CSc1ccccc1. The van der Waals surface area contributed by atoms with Crippen molar-refractivity contribution in [1.82, 2.24) is 9.34 Å². The molecule has 20 heavy (non-hydrogen) atoms. The summed E-state index contributed by atoms with van der Waals surface area (Å²) in [5, 5.41) is 0. The van der Waals surface area contributed by atoms with Crippen LogP contribution in [0.4, 0.5) is 0 Å². The topological polar surface area (TPSA) is 6.48 Å². The van der Waals surface area contributed by atoms with Gasteiger partial charge in [0.15, 0.2) is 5.54 Å². The lowest BCUT2D eigenvalue weighted by molar-refractivity contribution is 0.622. The van der Waals surface area contributed by atoms with Crippen LogP contribution in [0.5, 0.6) is 0 Å². The van der Waals surface area contributed by atoms with Crippen LogP contribution in [0.3, 0.4) is 0 Å². The lowest BCUT2D eigenvalue weighted by atomic mass is 10.4. The van der Waals surface area contributed by atoms with Gasteiger partial charge in [0, 0.05) is 17.7 Å². The Morgan fingerprint density at radius 1 is 1.25 bits per heavy atom. The molecule has 0 fully saturated rings. The zero-order valence-corrected chi connectivity index (χ0v) is 16.2. The highest BCUT2D eigenvalue weighted by atomic mass is 32.9. The van der Waals surface area contributed by atoms with Gasteiger partial charge in [-0.1, -0.05) is 48.7 Å². The molecule has 0 saturated carbocycles. The molecule has 1 atom stereocenters. The fourth-order valence-corrected chi connectivity index (χ4v) is 9.27. The Balaban J connectivity index is 2.70. The maximum Gasteiger partial charge on any atom is 0.156 e. The zero-order valence-electron chi connectivity index (χ0n) is 12.1. The van der Waals surface area contributed by atoms with Crippen molar-refractivity contribution < 1.29 is 0 Å². The summed E-state index contributed by atoms with van der Waals surface area (Å²) >= 11 is 14.7. The van der Waals surface area contributed by atoms with E-state index in [1.54, 1.807) is 5.49 Å². The van der Waals surface area contributed by atoms with Crippen molar-refractivity contribution in [3.8, 4) is 0 Å². The third kappa shape index (κ3) is 5.32. The van der Waals surface area contributed by atoms with Gasteiger partial charge in [-0.05, 0) is 37.4 Å². The molecule has 1 unspecified atom stereocenters. The second-order valence-corrected chi connectivity index (χ2v) is 13.0. The normalized spacial score (nSPS) is 14.0. The van der Waals surface area contributed by atoms with Crippen LogP contribution in [0.1, 0.15) is 13.3 Å². The molecule has 0 aliphatic carbocycles. The van der Waals surface area contributed by atoms with Crippen molar-refractivity contribution in [2.45, 2.75) is 18.2 Å². The van der Waals surface area contributed by atoms with E-state index in [0.717, 1.165) is 18.1 Å². The first-order chi connectivity index (χ1) is 9.54. The van der Waals surface area contributed by atoms with Crippen LogP contribution in [0, 0.1) is 0 Å². The highest BCUT2D eigenvalue weighted by Crippen LogP contribution is 2.63. The van der Waals surface area contributed by atoms with E-state index in [4.69, 9.17) is 24.0 Å². The minimum absolute atomic E-state index is 0.880. The molecule has 0 N–H and O–H groups in total. The summed E-state index contributed by atoms with van der Waals surface area (Å²) in [6.45, 7) is 2.18. The lowest BCUT2D eigenvalue weighted by Crippen LogP contribution is -2.23. The standard InChI is InChI=1S/C13H21N2PS4/c1-4-10-20-16(18,14(2)11-17)15(3)12-19-13-8-6-5-7-9-13/h5-9,11H,4,10,12H2,1-3H3. The smallest absolute Gasteiger partial charge is 0.156 e. The molecule has 0 bridgehead atoms. The molecule has 1 aromatic rings. The second kappa shape index (κ2) is 9.44. The summed E-state index contributed by atoms with van der Waals surface area (Å²) in [6.07, 6.45) is 1.13. The first-order valence-electron chi connectivity index (χ1n) is 6.37. The number of thioether (sulfide) groups is 1. The summed E-state index contributed by atoms with van der Waals surface area (Å²) in [7, 11) is 4.11. The Kier molecular flexibility index (Phi) is 8.72. The number of nitrogens with zero attached hydrogens (tertiary/aromatic N) is 2. The third-order valence-corrected chi connectivity index (χ3v) is 13.0. The van der Waals surface area contributed by atoms with Gasteiger partial charge in [-0.25, -0.2) is 4.67 Å². The van der Waals surface area contributed by atoms with Crippen LogP contribution in [0.15, 0.2) is 35.2 Å². The van der Waals surface area contributed by atoms with Gasteiger partial charge < -0.3 is 4.67 Å². The van der Waals surface area contributed by atoms with Gasteiger partial charge in [0.25, 0.3) is 0 Å². The van der Waals surface area contributed by atoms with E-state index < -0.39 is 5.54 Å². The van der Waals surface area contributed by atoms with Crippen molar-refractivity contribution >= 4 is 58.2 Å². The van der Waals surface area contributed by atoms with E-state index >= 15 is 0 Å². The third-order valence-electron chi connectivity index (χ3n) is 2.61. The van der Waals surface area contributed by atoms with Crippen LogP contribution < -0.4 is 0 Å². The Hall–Kier alpha value is 0.420. The monoisotopic (exact) mass is 364 g/mol. The molecule has 0 amide bonds. The molecule has 2 nitrogen and oxygen atoms in total. The van der Waals surface area contributed by atoms with Crippen LogP contribution in [0.25, 0.3) is 0 Å². The molecule has 7 heteroatoms. The summed E-state index contributed by atoms with van der Waals surface area (Å²) in [5.41, 5.74) is -0.131. The van der Waals surface area contributed by atoms with Crippen LogP contribution >= 0.6 is 40.9 Å². The van der Waals surface area contributed by atoms with Gasteiger partial charge in [0.2, 0.25) is 0 Å². The molecule has 112 valence electrons. The molecule has 0 spiro atoms. The van der Waals surface area contributed by atoms with Crippen LogP contribution in [-0.4, -0.2) is 40.6 Å².